The average Bonchev–Trinajstić information content (AvgIpc) is 3.36. The van der Waals surface area contributed by atoms with Crippen LogP contribution in [0.3, 0.4) is 0 Å². The molecule has 1 aliphatic heterocycles. The van der Waals surface area contributed by atoms with Crippen LogP contribution in [0.2, 0.25) is 0 Å². The summed E-state index contributed by atoms with van der Waals surface area (Å²) in [7, 11) is -3.69. The number of fused-ring (bicyclic) bond motifs is 1. The maximum Gasteiger partial charge on any atom is 0.275 e. The van der Waals surface area contributed by atoms with Gasteiger partial charge in [0.1, 0.15) is 6.54 Å². The molecular weight excluding hydrogens is 454 g/mol. The van der Waals surface area contributed by atoms with Gasteiger partial charge in [-0.3, -0.25) is 9.59 Å². The van der Waals surface area contributed by atoms with Crippen LogP contribution in [0.1, 0.15) is 26.7 Å². The van der Waals surface area contributed by atoms with Crippen molar-refractivity contribution in [3.05, 3.63) is 59.0 Å². The van der Waals surface area contributed by atoms with E-state index < -0.39 is 15.9 Å². The van der Waals surface area contributed by atoms with Crippen LogP contribution in [0.4, 0.5) is 11.4 Å². The molecule has 9 nitrogen and oxygen atoms in total. The Kier molecular flexibility index (Phi) is 6.99. The molecule has 34 heavy (non-hydrogen) atoms. The van der Waals surface area contributed by atoms with Crippen LogP contribution >= 0.6 is 0 Å². The first kappa shape index (κ1) is 23.9. The van der Waals surface area contributed by atoms with Crippen LogP contribution < -0.4 is 15.8 Å². The van der Waals surface area contributed by atoms with E-state index in [1.165, 1.54) is 10.4 Å². The van der Waals surface area contributed by atoms with Crippen LogP contribution in [0.25, 0.3) is 10.8 Å². The lowest BCUT2D eigenvalue weighted by Gasteiger charge is -2.24. The highest BCUT2D eigenvalue weighted by Crippen LogP contribution is 2.32. The number of sulfonamides is 1. The second kappa shape index (κ2) is 9.94. The van der Waals surface area contributed by atoms with Crippen molar-refractivity contribution in [1.82, 2.24) is 14.1 Å². The van der Waals surface area contributed by atoms with Crippen molar-refractivity contribution in [1.29, 1.82) is 0 Å². The molecule has 1 saturated heterocycles. The minimum Gasteiger partial charge on any atom is -0.370 e. The molecule has 10 heteroatoms. The highest BCUT2D eigenvalue weighted by atomic mass is 32.2. The third kappa shape index (κ3) is 4.69. The molecule has 0 radical (unpaired) electrons. The van der Waals surface area contributed by atoms with Gasteiger partial charge in [-0.25, -0.2) is 13.1 Å². The van der Waals surface area contributed by atoms with Gasteiger partial charge in [0, 0.05) is 31.6 Å². The third-order valence-electron chi connectivity index (χ3n) is 6.09. The molecule has 2 aromatic carbocycles. The monoisotopic (exact) mass is 483 g/mol. The normalized spacial score (nSPS) is 14.1. The van der Waals surface area contributed by atoms with E-state index in [2.05, 4.69) is 15.3 Å². The van der Waals surface area contributed by atoms with Gasteiger partial charge in [0.15, 0.2) is 0 Å². The van der Waals surface area contributed by atoms with Crippen LogP contribution in [-0.2, 0) is 21.4 Å². The van der Waals surface area contributed by atoms with Gasteiger partial charge in [-0.2, -0.15) is 9.40 Å². The summed E-state index contributed by atoms with van der Waals surface area (Å²) in [4.78, 5) is 28.0. The van der Waals surface area contributed by atoms with Crippen molar-refractivity contribution in [2.45, 2.75) is 38.1 Å². The summed E-state index contributed by atoms with van der Waals surface area (Å²) < 4.78 is 28.6. The average molecular weight is 484 g/mol. The van der Waals surface area contributed by atoms with E-state index >= 15 is 0 Å². The molecule has 0 atom stereocenters. The second-order valence-electron chi connectivity index (χ2n) is 8.21. The van der Waals surface area contributed by atoms with E-state index in [9.17, 15) is 18.0 Å². The molecular formula is C24H29N5O4S. The summed E-state index contributed by atoms with van der Waals surface area (Å²) in [6.07, 6.45) is 3.61. The zero-order valence-corrected chi connectivity index (χ0v) is 20.2. The molecule has 0 aliphatic carbocycles. The zero-order chi connectivity index (χ0) is 24.3. The molecule has 2 heterocycles. The first-order valence-electron chi connectivity index (χ1n) is 11.5. The van der Waals surface area contributed by atoms with Gasteiger partial charge in [-0.05, 0) is 37.1 Å². The van der Waals surface area contributed by atoms with Gasteiger partial charge < -0.3 is 10.2 Å². The van der Waals surface area contributed by atoms with E-state index in [-0.39, 0.29) is 17.0 Å². The number of nitrogens with one attached hydrogen (secondary N) is 1. The minimum absolute atomic E-state index is 0.121. The van der Waals surface area contributed by atoms with E-state index in [0.29, 0.717) is 29.5 Å². The Bertz CT molecular complexity index is 1360. The number of hydrogen-bond acceptors (Lipinski definition) is 6. The molecule has 0 unspecified atom stereocenters. The van der Waals surface area contributed by atoms with Crippen LogP contribution in [0, 0.1) is 0 Å². The molecule has 1 amide bonds. The number of hydrogen-bond donors (Lipinski definition) is 1. The van der Waals surface area contributed by atoms with E-state index in [4.69, 9.17) is 0 Å². The Balaban J connectivity index is 1.66. The molecule has 1 fully saturated rings. The summed E-state index contributed by atoms with van der Waals surface area (Å²) >= 11 is 0. The van der Waals surface area contributed by atoms with Gasteiger partial charge in [0.05, 0.1) is 27.9 Å². The fraction of sp³-hybridized carbons (Fsp3) is 0.375. The van der Waals surface area contributed by atoms with Gasteiger partial charge in [0.2, 0.25) is 15.9 Å². The number of rotatable bonds is 8. The Labute approximate surface area is 199 Å². The van der Waals surface area contributed by atoms with E-state index in [1.807, 2.05) is 6.07 Å². The minimum atomic E-state index is -3.69. The molecule has 3 aromatic rings. The molecule has 0 spiro atoms. The largest absolute Gasteiger partial charge is 0.370 e. The summed E-state index contributed by atoms with van der Waals surface area (Å²) in [6, 6.07) is 11.9. The number of aromatic nitrogens is 2. The smallest absolute Gasteiger partial charge is 0.275 e. The molecule has 0 bridgehead atoms. The van der Waals surface area contributed by atoms with Crippen LogP contribution in [-0.4, -0.2) is 54.6 Å². The van der Waals surface area contributed by atoms with Crippen molar-refractivity contribution >= 4 is 38.1 Å². The first-order valence-corrected chi connectivity index (χ1v) is 12.9. The number of nitrogens with zero attached hydrogens (tertiary/aromatic N) is 4. The van der Waals surface area contributed by atoms with Gasteiger partial charge >= 0.3 is 0 Å². The van der Waals surface area contributed by atoms with Crippen molar-refractivity contribution in [3.8, 4) is 0 Å². The molecule has 180 valence electrons. The maximum atomic E-state index is 13.1. The van der Waals surface area contributed by atoms with Crippen molar-refractivity contribution in [3.63, 3.8) is 0 Å². The lowest BCUT2D eigenvalue weighted by atomic mass is 10.2. The highest BCUT2D eigenvalue weighted by molar-refractivity contribution is 7.89. The second-order valence-corrected chi connectivity index (χ2v) is 10.1. The first-order chi connectivity index (χ1) is 16.3. The fourth-order valence-electron chi connectivity index (χ4n) is 4.29. The third-order valence-corrected chi connectivity index (χ3v) is 8.13. The van der Waals surface area contributed by atoms with Crippen molar-refractivity contribution in [2.24, 2.45) is 0 Å². The molecule has 1 N–H and O–H groups in total. The summed E-state index contributed by atoms with van der Waals surface area (Å²) in [5.41, 5.74) is 0.822. The predicted octanol–water partition coefficient (Wildman–Crippen LogP) is 2.67. The Morgan fingerprint density at radius 2 is 1.79 bits per heavy atom. The standard InChI is InChI=1S/C24H29N5O4S/c1-3-28(4-2)34(32,33)19-11-12-22(27-13-7-8-14-27)21(15-19)26-23(30)17-29-24(31)20-10-6-5-9-18(20)16-25-29/h5-6,9-12,15-16H,3-4,7-8,13-14,17H2,1-2H3,(H,26,30). The van der Waals surface area contributed by atoms with Crippen molar-refractivity contribution < 1.29 is 13.2 Å². The van der Waals surface area contributed by atoms with E-state index in [0.717, 1.165) is 36.3 Å². The zero-order valence-electron chi connectivity index (χ0n) is 19.4. The molecule has 1 aromatic heterocycles. The summed E-state index contributed by atoms with van der Waals surface area (Å²) in [5.74, 6) is -0.456. The fourth-order valence-corrected chi connectivity index (χ4v) is 5.77. The number of carbonyl (C=O) groups excluding carboxylic acids is 1. The number of benzene rings is 2. The van der Waals surface area contributed by atoms with E-state index in [1.54, 1.807) is 50.4 Å². The number of amides is 1. The Morgan fingerprint density at radius 3 is 2.50 bits per heavy atom. The molecule has 0 saturated carbocycles. The number of carbonyl (C=O) groups is 1. The predicted molar refractivity (Wildman–Crippen MR) is 133 cm³/mol. The summed E-state index contributed by atoms with van der Waals surface area (Å²) in [6.45, 7) is 5.66. The SMILES string of the molecule is CCN(CC)S(=O)(=O)c1ccc(N2CCCC2)c(NC(=O)Cn2ncc3ccccc3c2=O)c1. The molecule has 1 aliphatic rings. The maximum absolute atomic E-state index is 13.1. The van der Waals surface area contributed by atoms with Crippen LogP contribution in [0.5, 0.6) is 0 Å². The van der Waals surface area contributed by atoms with Gasteiger partial charge in [-0.15, -0.1) is 0 Å². The molecule has 4 rings (SSSR count). The lowest BCUT2D eigenvalue weighted by molar-refractivity contribution is -0.117. The van der Waals surface area contributed by atoms with Crippen LogP contribution in [0.15, 0.2) is 58.4 Å². The topological polar surface area (TPSA) is 105 Å². The Morgan fingerprint density at radius 1 is 1.09 bits per heavy atom. The quantitative estimate of drug-likeness (QED) is 0.528. The lowest BCUT2D eigenvalue weighted by Crippen LogP contribution is -2.31. The Hall–Kier alpha value is -3.24. The number of anilines is 2. The highest BCUT2D eigenvalue weighted by Gasteiger charge is 2.25. The van der Waals surface area contributed by atoms with Gasteiger partial charge in [-0.1, -0.05) is 32.0 Å². The van der Waals surface area contributed by atoms with Gasteiger partial charge in [0.25, 0.3) is 5.56 Å². The summed E-state index contributed by atoms with van der Waals surface area (Å²) in [5, 5.41) is 8.14. The van der Waals surface area contributed by atoms with Crippen molar-refractivity contribution in [2.75, 3.05) is 36.4 Å².